The van der Waals surface area contributed by atoms with Gasteiger partial charge in [0.05, 0.1) is 12.4 Å². The quantitative estimate of drug-likeness (QED) is 0.674. The SMILES string of the molecule is CCOC(=O)N[C@H](CNC(=O)CSCc1cccs1)CC(C)C. The van der Waals surface area contributed by atoms with Crippen LogP contribution in [-0.4, -0.2) is 36.9 Å². The molecule has 1 rings (SSSR count). The highest BCUT2D eigenvalue weighted by Crippen LogP contribution is 2.16. The Morgan fingerprint density at radius 1 is 1.39 bits per heavy atom. The second-order valence-corrected chi connectivity index (χ2v) is 7.59. The lowest BCUT2D eigenvalue weighted by Crippen LogP contribution is -2.45. The summed E-state index contributed by atoms with van der Waals surface area (Å²) in [5, 5.41) is 7.73. The van der Waals surface area contributed by atoms with Gasteiger partial charge in [0.25, 0.3) is 0 Å². The number of hydrogen-bond donors (Lipinski definition) is 2. The number of ether oxygens (including phenoxy) is 1. The molecule has 0 aliphatic heterocycles. The van der Waals surface area contributed by atoms with Crippen LogP contribution in [0, 0.1) is 5.92 Å². The fraction of sp³-hybridized carbons (Fsp3) is 0.625. The Hall–Kier alpha value is -1.21. The molecule has 5 nitrogen and oxygen atoms in total. The maximum Gasteiger partial charge on any atom is 0.407 e. The van der Waals surface area contributed by atoms with Crippen LogP contribution >= 0.6 is 23.1 Å². The number of carbonyl (C=O) groups is 2. The van der Waals surface area contributed by atoms with E-state index >= 15 is 0 Å². The molecule has 0 aromatic carbocycles. The summed E-state index contributed by atoms with van der Waals surface area (Å²) in [5.41, 5.74) is 0. The molecule has 2 amide bonds. The van der Waals surface area contributed by atoms with Crippen molar-refractivity contribution in [3.8, 4) is 0 Å². The summed E-state index contributed by atoms with van der Waals surface area (Å²) in [4.78, 5) is 24.7. The number of thioether (sulfide) groups is 1. The molecule has 0 spiro atoms. The van der Waals surface area contributed by atoms with Gasteiger partial charge in [-0.2, -0.15) is 0 Å². The Morgan fingerprint density at radius 3 is 2.78 bits per heavy atom. The first-order valence-corrected chi connectivity index (χ1v) is 9.84. The van der Waals surface area contributed by atoms with Crippen LogP contribution in [0.5, 0.6) is 0 Å². The standard InChI is InChI=1S/C16H26N2O3S2/c1-4-21-16(20)18-13(8-12(2)3)9-17-15(19)11-22-10-14-6-5-7-23-14/h5-7,12-13H,4,8-11H2,1-3H3,(H,17,19)(H,18,20)/t13-/m0/s1. The molecule has 0 saturated carbocycles. The summed E-state index contributed by atoms with van der Waals surface area (Å²) in [5.74, 6) is 1.69. The van der Waals surface area contributed by atoms with E-state index in [1.165, 1.54) is 4.88 Å². The molecule has 0 aliphatic carbocycles. The zero-order valence-electron chi connectivity index (χ0n) is 14.0. The van der Waals surface area contributed by atoms with E-state index in [0.29, 0.717) is 24.8 Å². The van der Waals surface area contributed by atoms with Gasteiger partial charge in [-0.05, 0) is 30.7 Å². The Bertz CT molecular complexity index is 464. The Balaban J connectivity index is 2.28. The van der Waals surface area contributed by atoms with Crippen LogP contribution in [-0.2, 0) is 15.3 Å². The average Bonchev–Trinajstić information content (AvgIpc) is 2.97. The van der Waals surface area contributed by atoms with Crippen molar-refractivity contribution in [3.05, 3.63) is 22.4 Å². The second-order valence-electron chi connectivity index (χ2n) is 5.57. The van der Waals surface area contributed by atoms with E-state index in [2.05, 4.69) is 30.5 Å². The van der Waals surface area contributed by atoms with E-state index in [-0.39, 0.29) is 11.9 Å². The number of carbonyl (C=O) groups excluding carboxylic acids is 2. The molecule has 0 bridgehead atoms. The zero-order valence-corrected chi connectivity index (χ0v) is 15.6. The molecule has 1 aromatic heterocycles. The minimum Gasteiger partial charge on any atom is -0.450 e. The predicted octanol–water partition coefficient (Wildman–Crippen LogP) is 3.26. The summed E-state index contributed by atoms with van der Waals surface area (Å²) in [6, 6.07) is 3.97. The van der Waals surface area contributed by atoms with Crippen LogP contribution in [0.15, 0.2) is 17.5 Å². The monoisotopic (exact) mass is 358 g/mol. The summed E-state index contributed by atoms with van der Waals surface area (Å²) in [6.45, 7) is 6.70. The van der Waals surface area contributed by atoms with Crippen LogP contribution in [0.3, 0.4) is 0 Å². The summed E-state index contributed by atoms with van der Waals surface area (Å²) >= 11 is 3.29. The highest BCUT2D eigenvalue weighted by molar-refractivity contribution is 7.99. The minimum absolute atomic E-state index is 0.00836. The number of thiophene rings is 1. The zero-order chi connectivity index (χ0) is 17.1. The van der Waals surface area contributed by atoms with E-state index in [1.54, 1.807) is 30.0 Å². The number of alkyl carbamates (subject to hydrolysis) is 1. The summed E-state index contributed by atoms with van der Waals surface area (Å²) in [6.07, 6.45) is 0.362. The van der Waals surface area contributed by atoms with Crippen LogP contribution < -0.4 is 10.6 Å². The molecule has 0 aliphatic rings. The van der Waals surface area contributed by atoms with Gasteiger partial charge in [-0.1, -0.05) is 19.9 Å². The molecule has 1 aromatic rings. The predicted molar refractivity (Wildman–Crippen MR) is 96.9 cm³/mol. The fourth-order valence-electron chi connectivity index (χ4n) is 2.03. The van der Waals surface area contributed by atoms with Crippen LogP contribution in [0.4, 0.5) is 4.79 Å². The lowest BCUT2D eigenvalue weighted by molar-refractivity contribution is -0.118. The van der Waals surface area contributed by atoms with E-state index in [9.17, 15) is 9.59 Å². The van der Waals surface area contributed by atoms with Crippen molar-refractivity contribution in [1.29, 1.82) is 0 Å². The Labute approximate surface area is 146 Å². The molecule has 1 heterocycles. The van der Waals surface area contributed by atoms with Gasteiger partial charge in [0.15, 0.2) is 0 Å². The number of amides is 2. The number of nitrogens with one attached hydrogen (secondary N) is 2. The van der Waals surface area contributed by atoms with Crippen molar-refractivity contribution in [2.24, 2.45) is 5.92 Å². The van der Waals surface area contributed by atoms with Crippen molar-refractivity contribution in [2.75, 3.05) is 18.9 Å². The highest BCUT2D eigenvalue weighted by Gasteiger charge is 2.15. The third kappa shape index (κ3) is 9.50. The number of hydrogen-bond acceptors (Lipinski definition) is 5. The molecular formula is C16H26N2O3S2. The molecule has 0 fully saturated rings. The Kier molecular flexibility index (Phi) is 9.78. The van der Waals surface area contributed by atoms with E-state index in [1.807, 2.05) is 11.4 Å². The van der Waals surface area contributed by atoms with Crippen molar-refractivity contribution in [3.63, 3.8) is 0 Å². The van der Waals surface area contributed by atoms with E-state index in [0.717, 1.165) is 12.2 Å². The van der Waals surface area contributed by atoms with E-state index in [4.69, 9.17) is 4.74 Å². The third-order valence-corrected chi connectivity index (χ3v) is 5.00. The van der Waals surface area contributed by atoms with Gasteiger partial charge >= 0.3 is 6.09 Å². The van der Waals surface area contributed by atoms with Crippen LogP contribution in [0.1, 0.15) is 32.1 Å². The number of rotatable bonds is 10. The molecule has 1 atom stereocenters. The first-order chi connectivity index (χ1) is 11.0. The molecule has 0 radical (unpaired) electrons. The maximum absolute atomic E-state index is 11.9. The molecule has 23 heavy (non-hydrogen) atoms. The molecule has 7 heteroatoms. The largest absolute Gasteiger partial charge is 0.450 e. The van der Waals surface area contributed by atoms with Gasteiger partial charge in [0.1, 0.15) is 0 Å². The average molecular weight is 359 g/mol. The van der Waals surface area contributed by atoms with Gasteiger partial charge in [-0.25, -0.2) is 4.79 Å². The first kappa shape index (κ1) is 19.8. The highest BCUT2D eigenvalue weighted by atomic mass is 32.2. The molecule has 0 unspecified atom stereocenters. The van der Waals surface area contributed by atoms with Gasteiger partial charge in [-0.15, -0.1) is 23.1 Å². The lowest BCUT2D eigenvalue weighted by atomic mass is 10.0. The van der Waals surface area contributed by atoms with Gasteiger partial charge in [-0.3, -0.25) is 4.79 Å². The second kappa shape index (κ2) is 11.3. The Morgan fingerprint density at radius 2 is 2.17 bits per heavy atom. The van der Waals surface area contributed by atoms with Crippen LogP contribution in [0.25, 0.3) is 0 Å². The van der Waals surface area contributed by atoms with Crippen LogP contribution in [0.2, 0.25) is 0 Å². The fourth-order valence-corrected chi connectivity index (χ4v) is 3.73. The summed E-state index contributed by atoms with van der Waals surface area (Å²) < 4.78 is 4.90. The normalized spacial score (nSPS) is 12.0. The van der Waals surface area contributed by atoms with Crippen molar-refractivity contribution < 1.29 is 14.3 Å². The maximum atomic E-state index is 11.9. The molecule has 130 valence electrons. The van der Waals surface area contributed by atoms with Gasteiger partial charge in [0, 0.05) is 23.2 Å². The topological polar surface area (TPSA) is 67.4 Å². The lowest BCUT2D eigenvalue weighted by Gasteiger charge is -2.20. The molecular weight excluding hydrogens is 332 g/mol. The molecule has 2 N–H and O–H groups in total. The van der Waals surface area contributed by atoms with Crippen molar-refractivity contribution in [2.45, 2.75) is 39.0 Å². The molecule has 0 saturated heterocycles. The third-order valence-electron chi connectivity index (χ3n) is 2.96. The smallest absolute Gasteiger partial charge is 0.407 e. The summed E-state index contributed by atoms with van der Waals surface area (Å²) in [7, 11) is 0. The van der Waals surface area contributed by atoms with Gasteiger partial charge < -0.3 is 15.4 Å². The minimum atomic E-state index is -0.431. The van der Waals surface area contributed by atoms with Crippen molar-refractivity contribution in [1.82, 2.24) is 10.6 Å². The first-order valence-electron chi connectivity index (χ1n) is 7.81. The van der Waals surface area contributed by atoms with Gasteiger partial charge in [0.2, 0.25) is 5.91 Å². The van der Waals surface area contributed by atoms with Crippen molar-refractivity contribution >= 4 is 35.1 Å². The van der Waals surface area contributed by atoms with E-state index < -0.39 is 6.09 Å².